The SMILES string of the molecule is C[C@H]([C@@H](C)CC=C(F)Br)S(=O)O. The lowest BCUT2D eigenvalue weighted by Crippen LogP contribution is -2.18. The molecule has 5 heteroatoms. The molecule has 1 N–H and O–H groups in total. The molecular weight excluding hydrogens is 247 g/mol. The third-order valence-corrected chi connectivity index (χ3v) is 3.19. The minimum absolute atomic E-state index is 0.000802. The van der Waals surface area contributed by atoms with Crippen LogP contribution >= 0.6 is 15.9 Å². The molecule has 0 saturated heterocycles. The van der Waals surface area contributed by atoms with Gasteiger partial charge in [-0.25, -0.2) is 4.21 Å². The Kier molecular flexibility index (Phi) is 5.96. The van der Waals surface area contributed by atoms with Gasteiger partial charge < -0.3 is 4.55 Å². The normalized spacial score (nSPS) is 20.2. The standard InChI is InChI=1S/C7H12BrFO2S/c1-5(3-4-7(8)9)6(2)12(10)11/h4-6H,3H2,1-2H3,(H,10,11)/t5-,6+/m0/s1. The molecule has 0 rings (SSSR count). The van der Waals surface area contributed by atoms with Gasteiger partial charge in [0.25, 0.3) is 0 Å². The van der Waals surface area contributed by atoms with Crippen molar-refractivity contribution in [1.29, 1.82) is 0 Å². The number of hydrogen-bond donors (Lipinski definition) is 1. The maximum absolute atomic E-state index is 12.2. The van der Waals surface area contributed by atoms with E-state index in [1.165, 1.54) is 6.08 Å². The van der Waals surface area contributed by atoms with Gasteiger partial charge in [0.2, 0.25) is 0 Å². The van der Waals surface area contributed by atoms with E-state index in [0.717, 1.165) is 0 Å². The number of allylic oxidation sites excluding steroid dienone is 1. The van der Waals surface area contributed by atoms with Crippen LogP contribution in [0.4, 0.5) is 4.39 Å². The lowest BCUT2D eigenvalue weighted by Gasteiger charge is -2.13. The van der Waals surface area contributed by atoms with E-state index < -0.39 is 15.8 Å². The average molecular weight is 259 g/mol. The van der Waals surface area contributed by atoms with Gasteiger partial charge in [0.15, 0.2) is 15.8 Å². The molecule has 12 heavy (non-hydrogen) atoms. The van der Waals surface area contributed by atoms with Gasteiger partial charge in [-0.3, -0.25) is 0 Å². The molecule has 0 spiro atoms. The second kappa shape index (κ2) is 5.83. The predicted molar refractivity (Wildman–Crippen MR) is 52.1 cm³/mol. The van der Waals surface area contributed by atoms with Gasteiger partial charge >= 0.3 is 0 Å². The summed E-state index contributed by atoms with van der Waals surface area (Å²) in [5, 5.41) is -0.326. The summed E-state index contributed by atoms with van der Waals surface area (Å²) in [7, 11) is 0. The lowest BCUT2D eigenvalue weighted by molar-refractivity contribution is 0.501. The van der Waals surface area contributed by atoms with Crippen molar-refractivity contribution in [3.05, 3.63) is 10.8 Å². The van der Waals surface area contributed by atoms with E-state index in [4.69, 9.17) is 4.55 Å². The molecule has 0 saturated carbocycles. The molecule has 0 aliphatic carbocycles. The molecule has 0 aromatic carbocycles. The minimum Gasteiger partial charge on any atom is -0.306 e. The molecule has 0 radical (unpaired) electrons. The monoisotopic (exact) mass is 258 g/mol. The van der Waals surface area contributed by atoms with Gasteiger partial charge in [-0.1, -0.05) is 6.92 Å². The zero-order chi connectivity index (χ0) is 9.72. The summed E-state index contributed by atoms with van der Waals surface area (Å²) < 4.78 is 31.0. The molecule has 0 aliphatic heterocycles. The fraction of sp³-hybridized carbons (Fsp3) is 0.714. The third-order valence-electron chi connectivity index (χ3n) is 1.76. The molecule has 1 unspecified atom stereocenters. The Morgan fingerprint density at radius 1 is 1.75 bits per heavy atom. The first-order valence-electron chi connectivity index (χ1n) is 3.56. The zero-order valence-electron chi connectivity index (χ0n) is 6.96. The first-order chi connectivity index (χ1) is 5.45. The quantitative estimate of drug-likeness (QED) is 0.788. The number of halogens is 2. The van der Waals surface area contributed by atoms with E-state index >= 15 is 0 Å². The van der Waals surface area contributed by atoms with Crippen LogP contribution < -0.4 is 0 Å². The summed E-state index contributed by atoms with van der Waals surface area (Å²) >= 11 is 0.823. The predicted octanol–water partition coefficient (Wildman–Crippen LogP) is 2.83. The first-order valence-corrected chi connectivity index (χ1v) is 5.52. The molecule has 0 aromatic heterocycles. The Labute approximate surface area is 82.6 Å². The highest BCUT2D eigenvalue weighted by atomic mass is 79.9. The second-order valence-corrected chi connectivity index (χ2v) is 4.74. The molecule has 0 aliphatic rings. The zero-order valence-corrected chi connectivity index (χ0v) is 9.36. The van der Waals surface area contributed by atoms with Crippen LogP contribution in [0.15, 0.2) is 10.8 Å². The van der Waals surface area contributed by atoms with Gasteiger partial charge in [-0.05, 0) is 41.3 Å². The summed E-state index contributed by atoms with van der Waals surface area (Å²) in [6, 6.07) is 0. The molecule has 0 bridgehead atoms. The summed E-state index contributed by atoms with van der Waals surface area (Å²) in [6.07, 6.45) is 1.82. The minimum atomic E-state index is -1.82. The Hall–Kier alpha value is 0.260. The molecule has 0 amide bonds. The van der Waals surface area contributed by atoms with E-state index in [2.05, 4.69) is 15.9 Å². The van der Waals surface area contributed by atoms with Crippen molar-refractivity contribution in [2.75, 3.05) is 0 Å². The van der Waals surface area contributed by atoms with Gasteiger partial charge in [0.1, 0.15) is 0 Å². The van der Waals surface area contributed by atoms with Gasteiger partial charge in [0.05, 0.1) is 5.25 Å². The van der Waals surface area contributed by atoms with Crippen LogP contribution in [0.25, 0.3) is 0 Å². The van der Waals surface area contributed by atoms with Crippen LogP contribution in [0.5, 0.6) is 0 Å². The molecule has 0 heterocycles. The largest absolute Gasteiger partial charge is 0.306 e. The molecule has 0 fully saturated rings. The van der Waals surface area contributed by atoms with Crippen LogP contribution in [0, 0.1) is 5.92 Å². The molecule has 3 atom stereocenters. The van der Waals surface area contributed by atoms with Crippen molar-refractivity contribution in [3.8, 4) is 0 Å². The molecule has 0 aromatic rings. The van der Waals surface area contributed by atoms with E-state index in [0.29, 0.717) is 6.42 Å². The van der Waals surface area contributed by atoms with Crippen LogP contribution in [-0.2, 0) is 11.1 Å². The first kappa shape index (κ1) is 12.3. The van der Waals surface area contributed by atoms with Gasteiger partial charge in [-0.2, -0.15) is 4.39 Å². The van der Waals surface area contributed by atoms with E-state index in [1.807, 2.05) is 6.92 Å². The smallest absolute Gasteiger partial charge is 0.161 e. The second-order valence-electron chi connectivity index (χ2n) is 2.69. The number of rotatable bonds is 4. The average Bonchev–Trinajstić information content (AvgIpc) is 1.98. The van der Waals surface area contributed by atoms with Crippen LogP contribution in [0.2, 0.25) is 0 Å². The molecular formula is C7H12BrFO2S. The van der Waals surface area contributed by atoms with Crippen molar-refractivity contribution in [2.24, 2.45) is 5.92 Å². The van der Waals surface area contributed by atoms with Crippen molar-refractivity contribution >= 4 is 27.0 Å². The fourth-order valence-corrected chi connectivity index (χ4v) is 1.36. The maximum atomic E-state index is 12.2. The lowest BCUT2D eigenvalue weighted by atomic mass is 10.1. The maximum Gasteiger partial charge on any atom is 0.161 e. The summed E-state index contributed by atoms with van der Waals surface area (Å²) in [4.78, 5) is 0. The van der Waals surface area contributed by atoms with Crippen molar-refractivity contribution in [1.82, 2.24) is 0 Å². The highest BCUT2D eigenvalue weighted by Gasteiger charge is 2.16. The van der Waals surface area contributed by atoms with E-state index in [9.17, 15) is 8.60 Å². The van der Waals surface area contributed by atoms with Crippen molar-refractivity contribution in [3.63, 3.8) is 0 Å². The van der Waals surface area contributed by atoms with E-state index in [1.54, 1.807) is 6.92 Å². The summed E-state index contributed by atoms with van der Waals surface area (Å²) in [5.74, 6) is -0.000802. The Bertz CT molecular complexity index is 192. The highest BCUT2D eigenvalue weighted by Crippen LogP contribution is 2.16. The van der Waals surface area contributed by atoms with Gasteiger partial charge in [0, 0.05) is 0 Å². The molecule has 2 nitrogen and oxygen atoms in total. The van der Waals surface area contributed by atoms with Crippen LogP contribution in [-0.4, -0.2) is 14.0 Å². The molecule has 72 valence electrons. The van der Waals surface area contributed by atoms with Crippen molar-refractivity contribution < 1.29 is 13.2 Å². The fourth-order valence-electron chi connectivity index (χ4n) is 0.665. The third kappa shape index (κ3) is 5.00. The summed E-state index contributed by atoms with van der Waals surface area (Å²) in [5.41, 5.74) is 0. The Morgan fingerprint density at radius 2 is 2.25 bits per heavy atom. The Morgan fingerprint density at radius 3 is 2.58 bits per heavy atom. The van der Waals surface area contributed by atoms with Crippen LogP contribution in [0.3, 0.4) is 0 Å². The number of hydrogen-bond acceptors (Lipinski definition) is 1. The van der Waals surface area contributed by atoms with Crippen molar-refractivity contribution in [2.45, 2.75) is 25.5 Å². The topological polar surface area (TPSA) is 37.3 Å². The van der Waals surface area contributed by atoms with E-state index in [-0.39, 0.29) is 11.2 Å². The van der Waals surface area contributed by atoms with Gasteiger partial charge in [-0.15, -0.1) is 0 Å². The Balaban J connectivity index is 3.95. The summed E-state index contributed by atoms with van der Waals surface area (Å²) in [6.45, 7) is 3.48. The van der Waals surface area contributed by atoms with Crippen LogP contribution in [0.1, 0.15) is 20.3 Å². The highest BCUT2D eigenvalue weighted by molar-refractivity contribution is 9.11.